The molecular weight excluding hydrogens is 354 g/mol. The van der Waals surface area contributed by atoms with Crippen molar-refractivity contribution in [2.24, 2.45) is 0 Å². The van der Waals surface area contributed by atoms with Gasteiger partial charge in [-0.15, -0.1) is 0 Å². The molecule has 148 valence electrons. The first-order valence-corrected chi connectivity index (χ1v) is 9.86. The van der Waals surface area contributed by atoms with Crippen LogP contribution >= 0.6 is 0 Å². The van der Waals surface area contributed by atoms with Gasteiger partial charge in [0.2, 0.25) is 0 Å². The molecule has 1 aliphatic rings. The Morgan fingerprint density at radius 2 is 1.96 bits per heavy atom. The van der Waals surface area contributed by atoms with Crippen molar-refractivity contribution < 1.29 is 14.5 Å². The van der Waals surface area contributed by atoms with Gasteiger partial charge in [0.05, 0.1) is 14.2 Å². The van der Waals surface area contributed by atoms with Crippen LogP contribution in [-0.4, -0.2) is 29.6 Å². The molecule has 0 atom stereocenters. The van der Waals surface area contributed by atoms with Gasteiger partial charge in [0.1, 0.15) is 29.5 Å². The molecular formula is C22H27N3O3. The highest BCUT2D eigenvalue weighted by Gasteiger charge is 2.20. The van der Waals surface area contributed by atoms with Crippen LogP contribution in [0.1, 0.15) is 37.7 Å². The van der Waals surface area contributed by atoms with Crippen LogP contribution in [0.3, 0.4) is 0 Å². The Kier molecular flexibility index (Phi) is 5.78. The van der Waals surface area contributed by atoms with Crippen molar-refractivity contribution in [1.82, 2.24) is 9.38 Å². The van der Waals surface area contributed by atoms with Gasteiger partial charge in [0, 0.05) is 17.8 Å². The number of methoxy groups -OCH3 is 1. The lowest BCUT2D eigenvalue weighted by atomic mass is 9.95. The van der Waals surface area contributed by atoms with Crippen LogP contribution in [0, 0.1) is 0 Å². The highest BCUT2D eigenvalue weighted by molar-refractivity contribution is 5.77. The number of fused-ring (bicyclic) bond motifs is 1. The molecule has 2 heterocycles. The number of ether oxygens (including phenoxy) is 1. The summed E-state index contributed by atoms with van der Waals surface area (Å²) in [6, 6.07) is 12.6. The highest BCUT2D eigenvalue weighted by Crippen LogP contribution is 2.33. The minimum atomic E-state index is 0.389. The van der Waals surface area contributed by atoms with Crippen molar-refractivity contribution in [2.45, 2.75) is 44.8 Å². The van der Waals surface area contributed by atoms with E-state index in [9.17, 15) is 0 Å². The van der Waals surface area contributed by atoms with E-state index in [2.05, 4.69) is 15.8 Å². The van der Waals surface area contributed by atoms with Crippen molar-refractivity contribution in [3.8, 4) is 17.0 Å². The third kappa shape index (κ3) is 3.98. The SMILES string of the molecule is COOCc1ccn2c(NC3CCCCC3)c(-c3cccc(OC)c3)nc2c1. The van der Waals surface area contributed by atoms with Crippen LogP contribution < -0.4 is 10.1 Å². The van der Waals surface area contributed by atoms with E-state index in [1.54, 1.807) is 7.11 Å². The maximum atomic E-state index is 5.42. The van der Waals surface area contributed by atoms with E-state index in [4.69, 9.17) is 19.5 Å². The average molecular weight is 381 g/mol. The molecule has 0 saturated heterocycles. The molecule has 28 heavy (non-hydrogen) atoms. The summed E-state index contributed by atoms with van der Waals surface area (Å²) < 4.78 is 7.54. The van der Waals surface area contributed by atoms with Gasteiger partial charge in [-0.3, -0.25) is 4.40 Å². The molecule has 0 amide bonds. The van der Waals surface area contributed by atoms with Gasteiger partial charge in [0.15, 0.2) is 0 Å². The van der Waals surface area contributed by atoms with Gasteiger partial charge in [-0.1, -0.05) is 31.4 Å². The summed E-state index contributed by atoms with van der Waals surface area (Å²) in [7, 11) is 3.20. The van der Waals surface area contributed by atoms with Crippen LogP contribution in [0.4, 0.5) is 5.82 Å². The lowest BCUT2D eigenvalue weighted by Crippen LogP contribution is -2.23. The van der Waals surface area contributed by atoms with Crippen molar-refractivity contribution >= 4 is 11.5 Å². The summed E-state index contributed by atoms with van der Waals surface area (Å²) in [4.78, 5) is 14.7. The third-order valence-corrected chi connectivity index (χ3v) is 5.32. The van der Waals surface area contributed by atoms with Gasteiger partial charge in [-0.2, -0.15) is 0 Å². The second kappa shape index (κ2) is 8.63. The molecule has 6 heteroatoms. The second-order valence-electron chi connectivity index (χ2n) is 7.21. The molecule has 1 aromatic carbocycles. The lowest BCUT2D eigenvalue weighted by molar-refractivity contribution is -0.282. The van der Waals surface area contributed by atoms with Crippen LogP contribution in [0.5, 0.6) is 5.75 Å². The molecule has 1 fully saturated rings. The quantitative estimate of drug-likeness (QED) is 0.469. The van der Waals surface area contributed by atoms with Crippen molar-refractivity contribution in [1.29, 1.82) is 0 Å². The summed E-state index contributed by atoms with van der Waals surface area (Å²) in [6.45, 7) is 0.389. The van der Waals surface area contributed by atoms with Gasteiger partial charge in [0.25, 0.3) is 0 Å². The van der Waals surface area contributed by atoms with E-state index in [1.165, 1.54) is 39.2 Å². The fourth-order valence-corrected chi connectivity index (χ4v) is 3.85. The summed E-state index contributed by atoms with van der Waals surface area (Å²) in [5.41, 5.74) is 3.87. The van der Waals surface area contributed by atoms with E-state index < -0.39 is 0 Å². The normalized spacial score (nSPS) is 15.1. The van der Waals surface area contributed by atoms with Crippen LogP contribution in [-0.2, 0) is 16.4 Å². The fraction of sp³-hybridized carbons (Fsp3) is 0.409. The number of benzene rings is 1. The molecule has 0 radical (unpaired) electrons. The molecule has 0 spiro atoms. The summed E-state index contributed by atoms with van der Waals surface area (Å²) in [5, 5.41) is 3.77. The largest absolute Gasteiger partial charge is 0.497 e. The molecule has 4 rings (SSSR count). The Labute approximate surface area is 165 Å². The predicted molar refractivity (Wildman–Crippen MR) is 109 cm³/mol. The Morgan fingerprint density at radius 3 is 2.75 bits per heavy atom. The molecule has 1 N–H and O–H groups in total. The number of hydrogen-bond donors (Lipinski definition) is 1. The zero-order valence-corrected chi connectivity index (χ0v) is 16.5. The smallest absolute Gasteiger partial charge is 0.139 e. The Morgan fingerprint density at radius 1 is 1.11 bits per heavy atom. The monoisotopic (exact) mass is 381 g/mol. The maximum Gasteiger partial charge on any atom is 0.139 e. The van der Waals surface area contributed by atoms with E-state index in [0.717, 1.165) is 34.0 Å². The van der Waals surface area contributed by atoms with Crippen molar-refractivity contribution in [3.05, 3.63) is 48.2 Å². The van der Waals surface area contributed by atoms with Crippen molar-refractivity contribution in [3.63, 3.8) is 0 Å². The molecule has 1 aliphatic carbocycles. The zero-order chi connectivity index (χ0) is 19.3. The van der Waals surface area contributed by atoms with Gasteiger partial charge in [-0.25, -0.2) is 14.8 Å². The van der Waals surface area contributed by atoms with E-state index in [1.807, 2.05) is 36.5 Å². The number of imidazole rings is 1. The standard InChI is InChI=1S/C22H27N3O3/c1-26-19-10-6-7-17(14-19)21-22(23-18-8-4-3-5-9-18)25-12-11-16(15-28-27-2)13-20(25)24-21/h6-7,10-14,18,23H,3-5,8-9,15H2,1-2H3. The van der Waals surface area contributed by atoms with Crippen LogP contribution in [0.25, 0.3) is 16.9 Å². The number of rotatable bonds is 7. The number of anilines is 1. The molecule has 0 unspecified atom stereocenters. The van der Waals surface area contributed by atoms with Gasteiger partial charge in [-0.05, 0) is 42.7 Å². The fourth-order valence-electron chi connectivity index (χ4n) is 3.85. The molecule has 0 bridgehead atoms. The Balaban J connectivity index is 1.76. The zero-order valence-electron chi connectivity index (χ0n) is 16.5. The van der Waals surface area contributed by atoms with Gasteiger partial charge >= 0.3 is 0 Å². The highest BCUT2D eigenvalue weighted by atomic mass is 17.2. The minimum Gasteiger partial charge on any atom is -0.497 e. The number of nitrogens with zero attached hydrogens (tertiary/aromatic N) is 2. The minimum absolute atomic E-state index is 0.389. The van der Waals surface area contributed by atoms with Crippen molar-refractivity contribution in [2.75, 3.05) is 19.5 Å². The Hall–Kier alpha value is -2.57. The van der Waals surface area contributed by atoms with E-state index >= 15 is 0 Å². The number of nitrogens with one attached hydrogen (secondary N) is 1. The third-order valence-electron chi connectivity index (χ3n) is 5.32. The Bertz CT molecular complexity index is 932. The van der Waals surface area contributed by atoms with E-state index in [-0.39, 0.29) is 0 Å². The molecule has 2 aromatic heterocycles. The first-order valence-electron chi connectivity index (χ1n) is 9.86. The second-order valence-corrected chi connectivity index (χ2v) is 7.21. The summed E-state index contributed by atoms with van der Waals surface area (Å²) in [6.07, 6.45) is 8.33. The lowest BCUT2D eigenvalue weighted by Gasteiger charge is -2.24. The molecule has 6 nitrogen and oxygen atoms in total. The average Bonchev–Trinajstić information content (AvgIpc) is 3.10. The first-order chi connectivity index (χ1) is 13.8. The van der Waals surface area contributed by atoms with Crippen LogP contribution in [0.15, 0.2) is 42.6 Å². The molecule has 3 aromatic rings. The number of aromatic nitrogens is 2. The predicted octanol–water partition coefficient (Wildman–Crippen LogP) is 4.83. The molecule has 0 aliphatic heterocycles. The number of hydrogen-bond acceptors (Lipinski definition) is 5. The topological polar surface area (TPSA) is 57.0 Å². The number of pyridine rings is 1. The van der Waals surface area contributed by atoms with Crippen LogP contribution in [0.2, 0.25) is 0 Å². The summed E-state index contributed by atoms with van der Waals surface area (Å²) in [5.74, 6) is 1.86. The van der Waals surface area contributed by atoms with Gasteiger partial charge < -0.3 is 10.1 Å². The maximum absolute atomic E-state index is 5.42. The molecule has 1 saturated carbocycles. The first kappa shape index (κ1) is 18.8. The summed E-state index contributed by atoms with van der Waals surface area (Å²) >= 11 is 0. The van der Waals surface area contributed by atoms with E-state index in [0.29, 0.717) is 12.6 Å².